The molecule has 3 rings (SSSR count). The van der Waals surface area contributed by atoms with Gasteiger partial charge in [-0.15, -0.1) is 12.4 Å². The fourth-order valence-electron chi connectivity index (χ4n) is 2.28. The van der Waals surface area contributed by atoms with E-state index in [1.54, 1.807) is 24.4 Å². The number of nitrogens with zero attached hydrogens (tertiary/aromatic N) is 2. The zero-order chi connectivity index (χ0) is 13.9. The average Bonchev–Trinajstić information content (AvgIpc) is 3.10. The highest BCUT2D eigenvalue weighted by Gasteiger charge is 2.22. The van der Waals surface area contributed by atoms with Crippen LogP contribution in [0.25, 0.3) is 5.69 Å². The van der Waals surface area contributed by atoms with Crippen molar-refractivity contribution in [2.45, 2.75) is 6.42 Å². The Hall–Kier alpha value is -1.92. The van der Waals surface area contributed by atoms with E-state index in [0.29, 0.717) is 17.9 Å². The van der Waals surface area contributed by atoms with Crippen molar-refractivity contribution in [2.24, 2.45) is 5.92 Å². The van der Waals surface area contributed by atoms with E-state index in [-0.39, 0.29) is 30.0 Å². The summed E-state index contributed by atoms with van der Waals surface area (Å²) in [6.07, 6.45) is 3.97. The first-order valence-electron chi connectivity index (χ1n) is 6.55. The van der Waals surface area contributed by atoms with Crippen LogP contribution in [-0.4, -0.2) is 28.8 Å². The molecule has 112 valence electrons. The van der Waals surface area contributed by atoms with Crippen LogP contribution in [0.1, 0.15) is 6.42 Å². The van der Waals surface area contributed by atoms with Crippen molar-refractivity contribution >= 4 is 24.0 Å². The van der Waals surface area contributed by atoms with E-state index in [4.69, 9.17) is 0 Å². The minimum absolute atomic E-state index is 0. The van der Waals surface area contributed by atoms with Gasteiger partial charge in [-0.05, 0) is 25.1 Å². The van der Waals surface area contributed by atoms with E-state index in [2.05, 4.69) is 15.7 Å². The highest BCUT2D eigenvalue weighted by atomic mass is 35.5. The summed E-state index contributed by atoms with van der Waals surface area (Å²) in [6.45, 7) is 1.57. The van der Waals surface area contributed by atoms with Gasteiger partial charge in [0.1, 0.15) is 11.5 Å². The summed E-state index contributed by atoms with van der Waals surface area (Å²) in [5, 5.41) is 10.0. The number of hydrogen-bond acceptors (Lipinski definition) is 3. The molecule has 2 N–H and O–H groups in total. The van der Waals surface area contributed by atoms with Crippen LogP contribution in [0.4, 0.5) is 10.1 Å². The molecule has 1 aromatic heterocycles. The molecule has 1 amide bonds. The van der Waals surface area contributed by atoms with Crippen LogP contribution in [0.15, 0.2) is 36.7 Å². The standard InChI is InChI=1S/C14H15FN4O.ClH/c15-12-3-1-2-4-13(12)19-9-11(8-17-19)18-14(20)10-5-6-16-7-10;/h1-4,8-10,16H,5-7H2,(H,18,20);1H. The molecule has 0 saturated carbocycles. The molecule has 5 nitrogen and oxygen atoms in total. The fourth-order valence-corrected chi connectivity index (χ4v) is 2.28. The maximum atomic E-state index is 13.6. The Morgan fingerprint density at radius 2 is 2.24 bits per heavy atom. The van der Waals surface area contributed by atoms with Crippen LogP contribution < -0.4 is 10.6 Å². The number of carbonyl (C=O) groups excluding carboxylic acids is 1. The fraction of sp³-hybridized carbons (Fsp3) is 0.286. The predicted octanol–water partition coefficient (Wildman–Crippen LogP) is 1.98. The molecule has 1 unspecified atom stereocenters. The molecule has 21 heavy (non-hydrogen) atoms. The number of hydrogen-bond donors (Lipinski definition) is 2. The van der Waals surface area contributed by atoms with Crippen molar-refractivity contribution < 1.29 is 9.18 Å². The number of amides is 1. The molecule has 0 bridgehead atoms. The molecule has 2 aromatic rings. The van der Waals surface area contributed by atoms with Gasteiger partial charge in [-0.3, -0.25) is 4.79 Å². The third kappa shape index (κ3) is 3.40. The largest absolute Gasteiger partial charge is 0.323 e. The number of halogens is 2. The van der Waals surface area contributed by atoms with Gasteiger partial charge in [0.2, 0.25) is 5.91 Å². The Kier molecular flexibility index (Phi) is 4.93. The van der Waals surface area contributed by atoms with Gasteiger partial charge in [-0.2, -0.15) is 5.10 Å². The molecule has 0 spiro atoms. The number of anilines is 1. The lowest BCUT2D eigenvalue weighted by molar-refractivity contribution is -0.119. The Balaban J connectivity index is 0.00000161. The molecular weight excluding hydrogens is 295 g/mol. The third-order valence-electron chi connectivity index (χ3n) is 3.38. The minimum atomic E-state index is -0.353. The molecule has 1 aliphatic rings. The predicted molar refractivity (Wildman–Crippen MR) is 80.4 cm³/mol. The molecule has 0 aliphatic carbocycles. The number of carbonyl (C=O) groups is 1. The maximum Gasteiger partial charge on any atom is 0.228 e. The van der Waals surface area contributed by atoms with Crippen LogP contribution in [0.2, 0.25) is 0 Å². The van der Waals surface area contributed by atoms with E-state index in [1.807, 2.05) is 0 Å². The summed E-state index contributed by atoms with van der Waals surface area (Å²) >= 11 is 0. The van der Waals surface area contributed by atoms with Crippen LogP contribution in [0.5, 0.6) is 0 Å². The smallest absolute Gasteiger partial charge is 0.228 e. The summed E-state index contributed by atoms with van der Waals surface area (Å²) in [6, 6.07) is 6.37. The van der Waals surface area contributed by atoms with E-state index in [0.717, 1.165) is 13.0 Å². The summed E-state index contributed by atoms with van der Waals surface area (Å²) in [5.74, 6) is -0.386. The number of rotatable bonds is 3. The Morgan fingerprint density at radius 1 is 1.43 bits per heavy atom. The van der Waals surface area contributed by atoms with Crippen molar-refractivity contribution in [1.29, 1.82) is 0 Å². The van der Waals surface area contributed by atoms with E-state index in [1.165, 1.54) is 16.9 Å². The topological polar surface area (TPSA) is 59.0 Å². The molecule has 2 heterocycles. The van der Waals surface area contributed by atoms with Gasteiger partial charge in [-0.1, -0.05) is 12.1 Å². The summed E-state index contributed by atoms with van der Waals surface area (Å²) < 4.78 is 15.1. The SMILES string of the molecule is Cl.O=C(Nc1cnn(-c2ccccc2F)c1)C1CCNC1. The molecule has 1 aliphatic heterocycles. The first kappa shape index (κ1) is 15.5. The molecule has 1 atom stereocenters. The van der Waals surface area contributed by atoms with Crippen LogP contribution in [0.3, 0.4) is 0 Å². The first-order chi connectivity index (χ1) is 9.74. The van der Waals surface area contributed by atoms with Crippen molar-refractivity contribution in [1.82, 2.24) is 15.1 Å². The highest BCUT2D eigenvalue weighted by molar-refractivity contribution is 5.92. The Bertz CT molecular complexity index is 625. The zero-order valence-corrected chi connectivity index (χ0v) is 12.1. The van der Waals surface area contributed by atoms with Gasteiger partial charge in [0.25, 0.3) is 0 Å². The lowest BCUT2D eigenvalue weighted by Gasteiger charge is -2.07. The number of nitrogens with one attached hydrogen (secondary N) is 2. The zero-order valence-electron chi connectivity index (χ0n) is 11.3. The lowest BCUT2D eigenvalue weighted by atomic mass is 10.1. The Morgan fingerprint density at radius 3 is 2.95 bits per heavy atom. The van der Waals surface area contributed by atoms with Gasteiger partial charge >= 0.3 is 0 Å². The highest BCUT2D eigenvalue weighted by Crippen LogP contribution is 2.16. The maximum absolute atomic E-state index is 13.6. The molecule has 1 aromatic carbocycles. The van der Waals surface area contributed by atoms with Gasteiger partial charge in [0.15, 0.2) is 0 Å². The van der Waals surface area contributed by atoms with Gasteiger partial charge in [-0.25, -0.2) is 9.07 Å². The average molecular weight is 311 g/mol. The van der Waals surface area contributed by atoms with Gasteiger partial charge in [0, 0.05) is 6.54 Å². The van der Waals surface area contributed by atoms with E-state index >= 15 is 0 Å². The minimum Gasteiger partial charge on any atom is -0.323 e. The lowest BCUT2D eigenvalue weighted by Crippen LogP contribution is -2.24. The molecule has 1 fully saturated rings. The van der Waals surface area contributed by atoms with Gasteiger partial charge in [0.05, 0.1) is 24.0 Å². The van der Waals surface area contributed by atoms with E-state index in [9.17, 15) is 9.18 Å². The molecule has 0 radical (unpaired) electrons. The number of para-hydroxylation sites is 1. The van der Waals surface area contributed by atoms with Crippen LogP contribution in [-0.2, 0) is 4.79 Å². The Labute approximate surface area is 127 Å². The number of aromatic nitrogens is 2. The van der Waals surface area contributed by atoms with Crippen molar-refractivity contribution in [3.8, 4) is 5.69 Å². The summed E-state index contributed by atoms with van der Waals surface area (Å²) in [7, 11) is 0. The summed E-state index contributed by atoms with van der Waals surface area (Å²) in [4.78, 5) is 12.0. The second kappa shape index (κ2) is 6.69. The first-order valence-corrected chi connectivity index (χ1v) is 6.55. The monoisotopic (exact) mass is 310 g/mol. The van der Waals surface area contributed by atoms with Crippen molar-refractivity contribution in [3.63, 3.8) is 0 Å². The normalized spacial score (nSPS) is 17.3. The van der Waals surface area contributed by atoms with Crippen LogP contribution >= 0.6 is 12.4 Å². The molecule has 7 heteroatoms. The van der Waals surface area contributed by atoms with Gasteiger partial charge < -0.3 is 10.6 Å². The quantitative estimate of drug-likeness (QED) is 0.911. The van der Waals surface area contributed by atoms with Crippen molar-refractivity contribution in [2.75, 3.05) is 18.4 Å². The van der Waals surface area contributed by atoms with E-state index < -0.39 is 0 Å². The number of benzene rings is 1. The third-order valence-corrected chi connectivity index (χ3v) is 3.38. The summed E-state index contributed by atoms with van der Waals surface area (Å²) in [5.41, 5.74) is 0.931. The van der Waals surface area contributed by atoms with Crippen LogP contribution in [0, 0.1) is 11.7 Å². The molecule has 1 saturated heterocycles. The second-order valence-electron chi connectivity index (χ2n) is 4.80. The second-order valence-corrected chi connectivity index (χ2v) is 4.80. The van der Waals surface area contributed by atoms with Crippen molar-refractivity contribution in [3.05, 3.63) is 42.5 Å². The molecular formula is C14H16ClFN4O.